The molecule has 0 radical (unpaired) electrons. The molecular formula is C10H13BrN2O3S. The maximum atomic E-state index is 11.3. The summed E-state index contributed by atoms with van der Waals surface area (Å²) in [4.78, 5) is 11.1. The van der Waals surface area contributed by atoms with Gasteiger partial charge in [0.05, 0.1) is 21.7 Å². The lowest BCUT2D eigenvalue weighted by molar-refractivity contribution is 0.457. The number of hydrogen-bond acceptors (Lipinski definition) is 4. The largest absolute Gasteiger partial charge is 0.278 e. The lowest BCUT2D eigenvalue weighted by Crippen LogP contribution is -2.25. The van der Waals surface area contributed by atoms with Crippen LogP contribution in [0.4, 0.5) is 0 Å². The van der Waals surface area contributed by atoms with Gasteiger partial charge in [-0.15, -0.1) is 0 Å². The Morgan fingerprint density at radius 2 is 2.06 bits per heavy atom. The highest BCUT2D eigenvalue weighted by atomic mass is 79.9. The Hall–Kier alpha value is -0.690. The van der Waals surface area contributed by atoms with E-state index in [2.05, 4.69) is 26.1 Å². The van der Waals surface area contributed by atoms with Crippen LogP contribution in [0.3, 0.4) is 0 Å². The molecule has 1 aliphatic rings. The summed E-state index contributed by atoms with van der Waals surface area (Å²) >= 11 is 3.15. The van der Waals surface area contributed by atoms with Crippen molar-refractivity contribution in [1.29, 1.82) is 0 Å². The van der Waals surface area contributed by atoms with Crippen molar-refractivity contribution >= 4 is 25.8 Å². The molecule has 1 saturated heterocycles. The van der Waals surface area contributed by atoms with Crippen molar-refractivity contribution in [2.24, 2.45) is 5.92 Å². The Kier molecular flexibility index (Phi) is 3.67. The average Bonchev–Trinajstić information content (AvgIpc) is 2.27. The van der Waals surface area contributed by atoms with Crippen LogP contribution in [0.25, 0.3) is 0 Å². The van der Waals surface area contributed by atoms with Gasteiger partial charge in [0, 0.05) is 0 Å². The van der Waals surface area contributed by atoms with Crippen molar-refractivity contribution in [1.82, 2.24) is 10.2 Å². The molecule has 2 rings (SSSR count). The zero-order chi connectivity index (χ0) is 12.5. The molecule has 1 aromatic rings. The van der Waals surface area contributed by atoms with Crippen molar-refractivity contribution in [3.05, 3.63) is 26.6 Å². The molecule has 2 heterocycles. The summed E-state index contributed by atoms with van der Waals surface area (Å²) < 4.78 is 23.0. The summed E-state index contributed by atoms with van der Waals surface area (Å²) in [6.45, 7) is 0. The fraction of sp³-hybridized carbons (Fsp3) is 0.600. The van der Waals surface area contributed by atoms with Gasteiger partial charge in [-0.3, -0.25) is 4.79 Å². The molecule has 0 unspecified atom stereocenters. The SMILES string of the molecule is O=c1[nH]nc(CC2CCS(=O)(=O)CC2)cc1Br. The van der Waals surface area contributed by atoms with E-state index in [-0.39, 0.29) is 17.1 Å². The van der Waals surface area contributed by atoms with E-state index in [9.17, 15) is 13.2 Å². The maximum Gasteiger partial charge on any atom is 0.278 e. The Bertz CT molecular complexity index is 553. The molecule has 1 aliphatic heterocycles. The summed E-state index contributed by atoms with van der Waals surface area (Å²) in [5.74, 6) is 0.869. The second kappa shape index (κ2) is 4.89. The third kappa shape index (κ3) is 3.38. The number of H-pyrrole nitrogens is 1. The van der Waals surface area contributed by atoms with E-state index in [1.165, 1.54) is 0 Å². The van der Waals surface area contributed by atoms with Gasteiger partial charge in [0.2, 0.25) is 0 Å². The number of nitrogens with zero attached hydrogens (tertiary/aromatic N) is 1. The van der Waals surface area contributed by atoms with Gasteiger partial charge in [-0.1, -0.05) is 0 Å². The molecule has 0 amide bonds. The first kappa shape index (κ1) is 12.8. The Morgan fingerprint density at radius 1 is 1.41 bits per heavy atom. The first-order valence-corrected chi connectivity index (χ1v) is 8.02. The fourth-order valence-electron chi connectivity index (χ4n) is 1.96. The predicted molar refractivity (Wildman–Crippen MR) is 67.6 cm³/mol. The van der Waals surface area contributed by atoms with E-state index in [1.54, 1.807) is 6.07 Å². The molecule has 0 aliphatic carbocycles. The van der Waals surface area contributed by atoms with Crippen LogP contribution >= 0.6 is 15.9 Å². The van der Waals surface area contributed by atoms with Gasteiger partial charge in [-0.25, -0.2) is 13.5 Å². The fourth-order valence-corrected chi connectivity index (χ4v) is 3.91. The highest BCUT2D eigenvalue weighted by molar-refractivity contribution is 9.10. The quantitative estimate of drug-likeness (QED) is 0.878. The van der Waals surface area contributed by atoms with Gasteiger partial charge in [0.1, 0.15) is 9.84 Å². The molecule has 7 heteroatoms. The minimum Gasteiger partial charge on any atom is -0.267 e. The molecule has 0 spiro atoms. The van der Waals surface area contributed by atoms with E-state index >= 15 is 0 Å². The second-order valence-electron chi connectivity index (χ2n) is 4.34. The molecule has 1 aromatic heterocycles. The van der Waals surface area contributed by atoms with E-state index in [0.29, 0.717) is 29.7 Å². The molecule has 1 N–H and O–H groups in total. The monoisotopic (exact) mass is 320 g/mol. The predicted octanol–water partition coefficient (Wildman–Crippen LogP) is 0.900. The molecule has 0 aromatic carbocycles. The number of hydrogen-bond donors (Lipinski definition) is 1. The summed E-state index contributed by atoms with van der Waals surface area (Å²) in [7, 11) is -2.81. The Balaban J connectivity index is 2.02. The van der Waals surface area contributed by atoms with E-state index in [1.807, 2.05) is 0 Å². The number of sulfone groups is 1. The minimum atomic E-state index is -2.81. The van der Waals surface area contributed by atoms with E-state index in [4.69, 9.17) is 0 Å². The standard InChI is InChI=1S/C10H13BrN2O3S/c11-9-6-8(12-13-10(9)14)5-7-1-3-17(15,16)4-2-7/h6-7H,1-5H2,(H,13,14). The number of aromatic amines is 1. The lowest BCUT2D eigenvalue weighted by atomic mass is 9.97. The van der Waals surface area contributed by atoms with Crippen LogP contribution in [0, 0.1) is 5.92 Å². The van der Waals surface area contributed by atoms with Crippen LogP contribution in [0.2, 0.25) is 0 Å². The Labute approximate surface area is 108 Å². The third-order valence-corrected chi connectivity index (χ3v) is 5.29. The van der Waals surface area contributed by atoms with Gasteiger partial charge < -0.3 is 0 Å². The minimum absolute atomic E-state index is 0.250. The van der Waals surface area contributed by atoms with Crippen LogP contribution in [0.5, 0.6) is 0 Å². The number of rotatable bonds is 2. The van der Waals surface area contributed by atoms with Gasteiger partial charge in [-0.05, 0) is 47.2 Å². The number of halogens is 1. The van der Waals surface area contributed by atoms with Crippen molar-refractivity contribution in [3.8, 4) is 0 Å². The van der Waals surface area contributed by atoms with Crippen LogP contribution in [-0.2, 0) is 16.3 Å². The van der Waals surface area contributed by atoms with Crippen molar-refractivity contribution in [2.75, 3.05) is 11.5 Å². The smallest absolute Gasteiger partial charge is 0.267 e. The maximum absolute atomic E-state index is 11.3. The lowest BCUT2D eigenvalue weighted by Gasteiger charge is -2.21. The molecule has 0 saturated carbocycles. The summed E-state index contributed by atoms with van der Waals surface area (Å²) in [6.07, 6.45) is 2.08. The first-order chi connectivity index (χ1) is 7.96. The van der Waals surface area contributed by atoms with Gasteiger partial charge in [0.25, 0.3) is 5.56 Å². The summed E-state index contributed by atoms with van der Waals surface area (Å²) in [6, 6.07) is 1.70. The van der Waals surface area contributed by atoms with E-state index < -0.39 is 9.84 Å². The molecular weight excluding hydrogens is 308 g/mol. The van der Waals surface area contributed by atoms with E-state index in [0.717, 1.165) is 5.69 Å². The van der Waals surface area contributed by atoms with Crippen LogP contribution in [0.15, 0.2) is 15.3 Å². The zero-order valence-corrected chi connectivity index (χ0v) is 11.6. The number of aromatic nitrogens is 2. The topological polar surface area (TPSA) is 79.9 Å². The average molecular weight is 321 g/mol. The Morgan fingerprint density at radius 3 is 2.65 bits per heavy atom. The molecule has 94 valence electrons. The normalized spacial score (nSPS) is 20.3. The summed E-state index contributed by atoms with van der Waals surface area (Å²) in [5.41, 5.74) is 0.542. The number of nitrogens with one attached hydrogen (secondary N) is 1. The highest BCUT2D eigenvalue weighted by Gasteiger charge is 2.24. The molecule has 17 heavy (non-hydrogen) atoms. The van der Waals surface area contributed by atoms with Crippen molar-refractivity contribution in [2.45, 2.75) is 19.3 Å². The van der Waals surface area contributed by atoms with Crippen molar-refractivity contribution < 1.29 is 8.42 Å². The van der Waals surface area contributed by atoms with Crippen molar-refractivity contribution in [3.63, 3.8) is 0 Å². The summed E-state index contributed by atoms with van der Waals surface area (Å²) in [5, 5.41) is 6.36. The van der Waals surface area contributed by atoms with Crippen LogP contribution < -0.4 is 5.56 Å². The zero-order valence-electron chi connectivity index (χ0n) is 9.15. The molecule has 1 fully saturated rings. The van der Waals surface area contributed by atoms with Gasteiger partial charge in [0.15, 0.2) is 0 Å². The molecule has 0 atom stereocenters. The van der Waals surface area contributed by atoms with Gasteiger partial charge in [-0.2, -0.15) is 5.10 Å². The van der Waals surface area contributed by atoms with Gasteiger partial charge >= 0.3 is 0 Å². The van der Waals surface area contributed by atoms with Crippen LogP contribution in [0.1, 0.15) is 18.5 Å². The highest BCUT2D eigenvalue weighted by Crippen LogP contribution is 2.22. The second-order valence-corrected chi connectivity index (χ2v) is 7.49. The third-order valence-electron chi connectivity index (χ3n) is 2.98. The molecule has 5 nitrogen and oxygen atoms in total. The molecule has 0 bridgehead atoms. The van der Waals surface area contributed by atoms with Crippen LogP contribution in [-0.4, -0.2) is 30.1 Å². The first-order valence-electron chi connectivity index (χ1n) is 5.41.